The van der Waals surface area contributed by atoms with Crippen LogP contribution in [0, 0.1) is 41.4 Å². The Labute approximate surface area is 410 Å². The van der Waals surface area contributed by atoms with Gasteiger partial charge in [0.15, 0.2) is 12.4 Å². The van der Waals surface area contributed by atoms with Gasteiger partial charge in [0.2, 0.25) is 11.4 Å². The van der Waals surface area contributed by atoms with Crippen LogP contribution in [0.25, 0.3) is 39.6 Å². The predicted molar refractivity (Wildman–Crippen MR) is 282 cm³/mol. The van der Waals surface area contributed by atoms with E-state index in [0.717, 1.165) is 50.6 Å². The summed E-state index contributed by atoms with van der Waals surface area (Å²) >= 11 is 0. The van der Waals surface area contributed by atoms with Gasteiger partial charge in [-0.1, -0.05) is 148 Å². The van der Waals surface area contributed by atoms with Crippen LogP contribution in [0.15, 0.2) is 116 Å². The van der Waals surface area contributed by atoms with Crippen LogP contribution < -0.4 is 13.7 Å². The van der Waals surface area contributed by atoms with E-state index in [-0.39, 0.29) is 5.41 Å². The number of para-hydroxylation sites is 1. The molecule has 0 aliphatic heterocycles. The molecule has 0 atom stereocenters. The monoisotopic (exact) mass is 891 g/mol. The Morgan fingerprint density at radius 1 is 0.530 bits per heavy atom. The van der Waals surface area contributed by atoms with Gasteiger partial charge in [0, 0.05) is 55.1 Å². The van der Waals surface area contributed by atoms with E-state index in [4.69, 9.17) is 9.60 Å². The lowest BCUT2D eigenvalue weighted by atomic mass is 9.83. The maximum absolute atomic E-state index is 8.71. The molecule has 0 bridgehead atoms. The summed E-state index contributed by atoms with van der Waals surface area (Å²) < 4.78 is 64.2. The molecular weight excluding hydrogens is 801 g/mol. The third-order valence-electron chi connectivity index (χ3n) is 12.6. The molecule has 66 heavy (non-hydrogen) atoms. The topological polar surface area (TPSA) is 16.6 Å². The van der Waals surface area contributed by atoms with Gasteiger partial charge in [0.25, 0.3) is 5.82 Å². The van der Waals surface area contributed by atoms with Crippen molar-refractivity contribution in [3.63, 3.8) is 0 Å². The molecule has 0 N–H and O–H groups in total. The average Bonchev–Trinajstić information content (AvgIpc) is 3.65. The first-order chi connectivity index (χ1) is 33.6. The highest BCUT2D eigenvalue weighted by molar-refractivity contribution is 5.65. The normalized spacial score (nSPS) is 13.7. The van der Waals surface area contributed by atoms with E-state index in [1.807, 2.05) is 108 Å². The summed E-state index contributed by atoms with van der Waals surface area (Å²) in [5.74, 6) is 0.607. The average molecular weight is 891 g/mol. The largest absolute Gasteiger partial charge is 0.294 e. The number of aryl methyl sites for hydroxylation is 9. The molecular formula is C62H83N4+3. The molecule has 0 aliphatic rings. The standard InChI is InChI=1S/C23H29N2.C20H28N.C19H26N/c1-16(2)19-12-9-13-20(17(3)4)22(19)25-15-14-24(6)23(25)21-11-8-7-10-18(21)5;1-13(2)18-11-20(21(7)12-19(18)14(3)4)17-9-8-15(5)10-16(17)6;1-13-8-9-16(14(2)10-13)18-11-17(19(4,5)6)15(3)12-20(18)7/h7-17H,1-6H3;8-14H,1-7H3;8-12H,1-7H3/q3*+1/i16D,17D;;1D3,3D2. The smallest absolute Gasteiger partial charge is 0.232 e. The molecule has 3 heterocycles. The fourth-order valence-electron chi connectivity index (χ4n) is 8.99. The molecule has 0 fully saturated rings. The maximum atomic E-state index is 8.71. The van der Waals surface area contributed by atoms with E-state index in [1.165, 1.54) is 39.1 Å². The van der Waals surface area contributed by atoms with Crippen LogP contribution in [0.5, 0.6) is 0 Å². The summed E-state index contributed by atoms with van der Waals surface area (Å²) in [5.41, 5.74) is 18.0. The second-order valence-electron chi connectivity index (χ2n) is 20.3. The van der Waals surface area contributed by atoms with Crippen molar-refractivity contribution in [1.82, 2.24) is 4.57 Å². The lowest BCUT2D eigenvalue weighted by molar-refractivity contribution is -0.661. The molecule has 0 saturated carbocycles. The van der Waals surface area contributed by atoms with Crippen molar-refractivity contribution in [3.8, 4) is 39.6 Å². The van der Waals surface area contributed by atoms with E-state index < -0.39 is 25.5 Å². The summed E-state index contributed by atoms with van der Waals surface area (Å²) in [6, 6.07) is 30.7. The molecule has 348 valence electrons. The first-order valence-electron chi connectivity index (χ1n) is 27.2. The van der Waals surface area contributed by atoms with E-state index >= 15 is 0 Å². The van der Waals surface area contributed by atoms with Crippen LogP contribution in [0.2, 0.25) is 0 Å². The highest BCUT2D eigenvalue weighted by Gasteiger charge is 2.27. The number of hydrogen-bond acceptors (Lipinski definition) is 0. The van der Waals surface area contributed by atoms with E-state index in [0.29, 0.717) is 23.0 Å². The van der Waals surface area contributed by atoms with Gasteiger partial charge in [-0.3, -0.25) is 0 Å². The van der Waals surface area contributed by atoms with Gasteiger partial charge < -0.3 is 0 Å². The third kappa shape index (κ3) is 11.7. The van der Waals surface area contributed by atoms with E-state index in [9.17, 15) is 0 Å². The summed E-state index contributed by atoms with van der Waals surface area (Å²) in [7, 11) is 6.09. The lowest BCUT2D eigenvalue weighted by Crippen LogP contribution is -2.33. The molecule has 7 aromatic rings. The quantitative estimate of drug-likeness (QED) is 0.135. The number of pyridine rings is 2. The Kier molecular flexibility index (Phi) is 13.5. The van der Waals surface area contributed by atoms with Gasteiger partial charge in [0.05, 0.1) is 12.6 Å². The minimum atomic E-state index is -2.12. The van der Waals surface area contributed by atoms with Crippen molar-refractivity contribution >= 4 is 0 Å². The van der Waals surface area contributed by atoms with Crippen LogP contribution in [0.1, 0.15) is 171 Å². The molecule has 0 radical (unpaired) electrons. The number of hydrogen-bond donors (Lipinski definition) is 0. The van der Waals surface area contributed by atoms with Crippen LogP contribution >= 0.6 is 0 Å². The molecule has 0 saturated heterocycles. The van der Waals surface area contributed by atoms with Crippen molar-refractivity contribution in [2.75, 3.05) is 0 Å². The van der Waals surface area contributed by atoms with Crippen molar-refractivity contribution in [1.29, 1.82) is 0 Å². The van der Waals surface area contributed by atoms with Crippen LogP contribution in [-0.2, 0) is 26.6 Å². The van der Waals surface area contributed by atoms with Gasteiger partial charge in [-0.2, -0.15) is 4.57 Å². The molecule has 4 aromatic carbocycles. The molecule has 0 unspecified atom stereocenters. The van der Waals surface area contributed by atoms with Gasteiger partial charge in [-0.05, 0) is 116 Å². The molecule has 3 aromatic heterocycles. The number of benzene rings is 4. The van der Waals surface area contributed by atoms with Gasteiger partial charge in [-0.15, -0.1) is 0 Å². The fraction of sp³-hybridized carbons (Fsp3) is 0.403. The van der Waals surface area contributed by atoms with Crippen LogP contribution in [-0.4, -0.2) is 4.57 Å². The Hall–Kier alpha value is -5.61. The first-order valence-corrected chi connectivity index (χ1v) is 23.5. The number of nitrogens with zero attached hydrogens (tertiary/aromatic N) is 4. The first kappa shape index (κ1) is 41.8. The molecule has 0 aliphatic carbocycles. The summed E-state index contributed by atoms with van der Waals surface area (Å²) in [6.07, 6.45) is 8.24. The SMILES string of the molecule is Cc1ccc(-c2cc(C(C)C)c(C(C)C)c[n+]2C)c(C)c1.[2H]C(C)(C)c1cccc(C([2H])(C)C)c1-n1cc[n+](C)c1-c1ccccc1C.[2H]C([2H])c1c[n+](C)c(-c2ccc(C([2H])([2H])[2H])cc2C)cc1C(C)(C)C. The van der Waals surface area contributed by atoms with Crippen molar-refractivity contribution < 1.29 is 23.3 Å². The van der Waals surface area contributed by atoms with Crippen molar-refractivity contribution in [2.24, 2.45) is 21.1 Å². The van der Waals surface area contributed by atoms with Crippen molar-refractivity contribution in [3.05, 3.63) is 177 Å². The molecule has 0 amide bonds. The van der Waals surface area contributed by atoms with E-state index in [2.05, 4.69) is 139 Å². The minimum Gasteiger partial charge on any atom is -0.232 e. The van der Waals surface area contributed by atoms with Gasteiger partial charge in [0.1, 0.15) is 32.2 Å². The summed E-state index contributed by atoms with van der Waals surface area (Å²) in [6.45, 7) is 28.2. The zero-order chi connectivity index (χ0) is 54.9. The predicted octanol–water partition coefficient (Wildman–Crippen LogP) is 15.0. The molecule has 4 nitrogen and oxygen atoms in total. The Bertz CT molecular complexity index is 3030. The highest BCUT2D eigenvalue weighted by Crippen LogP contribution is 2.35. The Morgan fingerprint density at radius 2 is 1.08 bits per heavy atom. The lowest BCUT2D eigenvalue weighted by Gasteiger charge is -2.21. The van der Waals surface area contributed by atoms with E-state index in [1.54, 1.807) is 12.1 Å². The molecule has 7 rings (SSSR count). The fourth-order valence-corrected chi connectivity index (χ4v) is 8.99. The van der Waals surface area contributed by atoms with Gasteiger partial charge >= 0.3 is 0 Å². The maximum Gasteiger partial charge on any atom is 0.294 e. The second kappa shape index (κ2) is 21.3. The zero-order valence-electron chi connectivity index (χ0n) is 50.5. The summed E-state index contributed by atoms with van der Waals surface area (Å²) in [5, 5.41) is 0. The molecule has 4 heteroatoms. The number of aromatic nitrogens is 4. The highest BCUT2D eigenvalue weighted by atomic mass is 15.1. The van der Waals surface area contributed by atoms with Crippen molar-refractivity contribution in [2.45, 2.75) is 147 Å². The minimum absolute atomic E-state index is 0.189. The van der Waals surface area contributed by atoms with Crippen LogP contribution in [0.4, 0.5) is 0 Å². The Morgan fingerprint density at radius 3 is 1.59 bits per heavy atom. The number of imidazole rings is 1. The number of rotatable bonds is 8. The summed E-state index contributed by atoms with van der Waals surface area (Å²) in [4.78, 5) is 0. The second-order valence-corrected chi connectivity index (χ2v) is 20.3. The van der Waals surface area contributed by atoms with Crippen LogP contribution in [0.3, 0.4) is 0 Å². The van der Waals surface area contributed by atoms with Gasteiger partial charge in [-0.25, -0.2) is 13.7 Å². The zero-order valence-corrected chi connectivity index (χ0v) is 43.5. The third-order valence-corrected chi connectivity index (χ3v) is 12.6. The Balaban J connectivity index is 0.000000205. The molecule has 0 spiro atoms.